The molecule has 0 spiro atoms. The fourth-order valence-corrected chi connectivity index (χ4v) is 3.30. The average molecular weight is 300 g/mol. The number of nitrogens with zero attached hydrogens (tertiary/aromatic N) is 2. The van der Waals surface area contributed by atoms with E-state index in [0.29, 0.717) is 6.42 Å². The lowest BCUT2D eigenvalue weighted by Gasteiger charge is -2.39. The quantitative estimate of drug-likeness (QED) is 0.895. The van der Waals surface area contributed by atoms with Crippen molar-refractivity contribution in [3.63, 3.8) is 0 Å². The van der Waals surface area contributed by atoms with E-state index in [1.165, 1.54) is 0 Å². The molecule has 0 radical (unpaired) electrons. The van der Waals surface area contributed by atoms with Crippen LogP contribution in [0.1, 0.15) is 12.5 Å². The normalized spacial score (nSPS) is 21.2. The number of H-pyrrole nitrogens is 1. The van der Waals surface area contributed by atoms with Gasteiger partial charge < -0.3 is 20.5 Å². The first kappa shape index (κ1) is 15.1. The Hall–Kier alpha value is -1.85. The first-order valence-electron chi connectivity index (χ1n) is 7.86. The van der Waals surface area contributed by atoms with Crippen LogP contribution in [0.3, 0.4) is 0 Å². The molecule has 1 aliphatic rings. The van der Waals surface area contributed by atoms with Gasteiger partial charge in [0.2, 0.25) is 5.91 Å². The molecular formula is C17H24N4O. The number of aromatic nitrogens is 1. The molecule has 2 atom stereocenters. The summed E-state index contributed by atoms with van der Waals surface area (Å²) in [4.78, 5) is 20.1. The number of rotatable bonds is 3. The molecule has 1 aliphatic heterocycles. The number of fused-ring (bicyclic) bond motifs is 1. The van der Waals surface area contributed by atoms with Gasteiger partial charge in [0.1, 0.15) is 0 Å². The van der Waals surface area contributed by atoms with Gasteiger partial charge >= 0.3 is 0 Å². The van der Waals surface area contributed by atoms with Crippen molar-refractivity contribution in [1.29, 1.82) is 0 Å². The van der Waals surface area contributed by atoms with Crippen LogP contribution in [0.5, 0.6) is 0 Å². The van der Waals surface area contributed by atoms with E-state index in [4.69, 9.17) is 5.73 Å². The Morgan fingerprint density at radius 3 is 2.95 bits per heavy atom. The van der Waals surface area contributed by atoms with E-state index in [2.05, 4.69) is 29.9 Å². The molecule has 1 saturated heterocycles. The zero-order valence-electron chi connectivity index (χ0n) is 13.2. The van der Waals surface area contributed by atoms with Gasteiger partial charge in [-0.3, -0.25) is 4.79 Å². The number of nitrogens with two attached hydrogens (primary N) is 1. The summed E-state index contributed by atoms with van der Waals surface area (Å²) in [6.07, 6.45) is 2.53. The zero-order valence-corrected chi connectivity index (χ0v) is 13.2. The highest BCUT2D eigenvalue weighted by molar-refractivity contribution is 5.86. The van der Waals surface area contributed by atoms with E-state index in [0.717, 1.165) is 36.1 Å². The molecule has 1 aromatic heterocycles. The lowest BCUT2D eigenvalue weighted by Crippen LogP contribution is -2.57. The van der Waals surface area contributed by atoms with Crippen LogP contribution in [-0.2, 0) is 11.2 Å². The minimum Gasteiger partial charge on any atom is -0.361 e. The summed E-state index contributed by atoms with van der Waals surface area (Å²) in [6, 6.07) is 7.85. The second-order valence-electron chi connectivity index (χ2n) is 6.31. The van der Waals surface area contributed by atoms with Crippen molar-refractivity contribution in [3.8, 4) is 0 Å². The van der Waals surface area contributed by atoms with E-state index >= 15 is 0 Å². The van der Waals surface area contributed by atoms with E-state index < -0.39 is 6.04 Å². The van der Waals surface area contributed by atoms with Crippen LogP contribution in [0.2, 0.25) is 0 Å². The second-order valence-corrected chi connectivity index (χ2v) is 6.31. The Morgan fingerprint density at radius 1 is 1.41 bits per heavy atom. The standard InChI is InChI=1S/C17H24N4O/c1-12-11-20(2)7-8-21(12)17(22)15(18)9-13-10-19-16-6-4-3-5-14(13)16/h3-6,10,12,15,19H,7-9,11,18H2,1-2H3/t12?,15-/m0/s1. The minimum absolute atomic E-state index is 0.0610. The monoisotopic (exact) mass is 300 g/mol. The van der Waals surface area contributed by atoms with Gasteiger partial charge in [-0.1, -0.05) is 18.2 Å². The third-order valence-corrected chi connectivity index (χ3v) is 4.55. The van der Waals surface area contributed by atoms with Crippen LogP contribution in [0.4, 0.5) is 0 Å². The molecule has 118 valence electrons. The maximum atomic E-state index is 12.6. The molecule has 3 N–H and O–H groups in total. The molecule has 0 bridgehead atoms. The summed E-state index contributed by atoms with van der Waals surface area (Å²) in [5.74, 6) is 0.0610. The number of aromatic amines is 1. The zero-order chi connectivity index (χ0) is 15.7. The SMILES string of the molecule is CC1CN(C)CCN1C(=O)[C@@H](N)Cc1c[nH]c2ccccc12. The molecule has 5 heteroatoms. The van der Waals surface area contributed by atoms with Gasteiger partial charge in [-0.05, 0) is 32.0 Å². The lowest BCUT2D eigenvalue weighted by molar-refractivity contribution is -0.136. The Kier molecular flexibility index (Phi) is 4.18. The summed E-state index contributed by atoms with van der Waals surface area (Å²) in [5, 5.41) is 1.15. The third kappa shape index (κ3) is 2.87. The Balaban J connectivity index is 1.71. The number of para-hydroxylation sites is 1. The number of piperazine rings is 1. The molecule has 2 heterocycles. The van der Waals surface area contributed by atoms with Gasteiger partial charge in [0.05, 0.1) is 6.04 Å². The fourth-order valence-electron chi connectivity index (χ4n) is 3.30. The van der Waals surface area contributed by atoms with Crippen molar-refractivity contribution < 1.29 is 4.79 Å². The smallest absolute Gasteiger partial charge is 0.240 e. The van der Waals surface area contributed by atoms with Crippen LogP contribution in [0.15, 0.2) is 30.5 Å². The number of likely N-dealkylation sites (N-methyl/N-ethyl adjacent to an activating group) is 1. The molecule has 22 heavy (non-hydrogen) atoms. The molecular weight excluding hydrogens is 276 g/mol. The minimum atomic E-state index is -0.481. The number of hydrogen-bond donors (Lipinski definition) is 2. The van der Waals surface area contributed by atoms with Gasteiger partial charge in [0.25, 0.3) is 0 Å². The Bertz CT molecular complexity index is 665. The summed E-state index contributed by atoms with van der Waals surface area (Å²) < 4.78 is 0. The largest absolute Gasteiger partial charge is 0.361 e. The van der Waals surface area contributed by atoms with Crippen LogP contribution < -0.4 is 5.73 Å². The van der Waals surface area contributed by atoms with Crippen molar-refractivity contribution in [2.24, 2.45) is 5.73 Å². The number of carbonyl (C=O) groups is 1. The molecule has 1 aromatic carbocycles. The number of benzene rings is 1. The lowest BCUT2D eigenvalue weighted by atomic mass is 10.0. The molecule has 1 amide bonds. The van der Waals surface area contributed by atoms with E-state index in [9.17, 15) is 4.79 Å². The first-order chi connectivity index (χ1) is 10.6. The van der Waals surface area contributed by atoms with Crippen molar-refractivity contribution >= 4 is 16.8 Å². The third-order valence-electron chi connectivity index (χ3n) is 4.55. The van der Waals surface area contributed by atoms with Gasteiger partial charge in [-0.2, -0.15) is 0 Å². The molecule has 3 rings (SSSR count). The van der Waals surface area contributed by atoms with Crippen molar-refractivity contribution in [2.75, 3.05) is 26.7 Å². The highest BCUT2D eigenvalue weighted by Crippen LogP contribution is 2.19. The average Bonchev–Trinajstić information content (AvgIpc) is 2.90. The summed E-state index contributed by atoms with van der Waals surface area (Å²) >= 11 is 0. The molecule has 2 aromatic rings. The van der Waals surface area contributed by atoms with E-state index in [1.807, 2.05) is 29.3 Å². The second kappa shape index (κ2) is 6.10. The summed E-state index contributed by atoms with van der Waals surface area (Å²) in [7, 11) is 2.09. The van der Waals surface area contributed by atoms with Crippen molar-refractivity contribution in [1.82, 2.24) is 14.8 Å². The number of hydrogen-bond acceptors (Lipinski definition) is 3. The van der Waals surface area contributed by atoms with Gasteiger partial charge in [0, 0.05) is 42.8 Å². The maximum absolute atomic E-state index is 12.6. The number of carbonyl (C=O) groups excluding carboxylic acids is 1. The molecule has 0 aliphatic carbocycles. The highest BCUT2D eigenvalue weighted by Gasteiger charge is 2.29. The van der Waals surface area contributed by atoms with E-state index in [-0.39, 0.29) is 11.9 Å². The van der Waals surface area contributed by atoms with Gasteiger partial charge in [-0.25, -0.2) is 0 Å². The van der Waals surface area contributed by atoms with E-state index in [1.54, 1.807) is 0 Å². The number of nitrogens with one attached hydrogen (secondary N) is 1. The predicted octanol–water partition coefficient (Wildman–Crippen LogP) is 1.20. The van der Waals surface area contributed by atoms with Crippen molar-refractivity contribution in [3.05, 3.63) is 36.0 Å². The highest BCUT2D eigenvalue weighted by atomic mass is 16.2. The number of amides is 1. The first-order valence-corrected chi connectivity index (χ1v) is 7.86. The summed E-state index contributed by atoms with van der Waals surface area (Å²) in [5.41, 5.74) is 8.41. The molecule has 1 fully saturated rings. The predicted molar refractivity (Wildman–Crippen MR) is 88.7 cm³/mol. The topological polar surface area (TPSA) is 65.4 Å². The van der Waals surface area contributed by atoms with Gasteiger partial charge in [-0.15, -0.1) is 0 Å². The maximum Gasteiger partial charge on any atom is 0.240 e. The summed E-state index contributed by atoms with van der Waals surface area (Å²) in [6.45, 7) is 4.67. The molecule has 0 saturated carbocycles. The van der Waals surface area contributed by atoms with Crippen LogP contribution in [0.25, 0.3) is 10.9 Å². The van der Waals surface area contributed by atoms with Crippen LogP contribution in [0, 0.1) is 0 Å². The van der Waals surface area contributed by atoms with Crippen LogP contribution in [-0.4, -0.2) is 59.5 Å². The van der Waals surface area contributed by atoms with Crippen LogP contribution >= 0.6 is 0 Å². The Morgan fingerprint density at radius 2 is 2.18 bits per heavy atom. The van der Waals surface area contributed by atoms with Gasteiger partial charge in [0.15, 0.2) is 0 Å². The fraction of sp³-hybridized carbons (Fsp3) is 0.471. The molecule has 1 unspecified atom stereocenters. The molecule has 5 nitrogen and oxygen atoms in total. The Labute approximate surface area is 131 Å². The van der Waals surface area contributed by atoms with Crippen molar-refractivity contribution in [2.45, 2.75) is 25.4 Å².